The zero-order valence-corrected chi connectivity index (χ0v) is 25.1. The van der Waals surface area contributed by atoms with Crippen LogP contribution in [0.1, 0.15) is 94.9 Å². The van der Waals surface area contributed by atoms with Gasteiger partial charge in [-0.05, 0) is 74.0 Å². The summed E-state index contributed by atoms with van der Waals surface area (Å²) in [4.78, 5) is 4.98. The fourth-order valence-electron chi connectivity index (χ4n) is 5.35. The minimum Gasteiger partial charge on any atom is -0.385 e. The molecule has 3 nitrogen and oxygen atoms in total. The topological polar surface area (TPSA) is 18.5 Å². The number of unbranched alkanes of at least 4 members (excludes halogenated alkanes) is 1. The second-order valence-electron chi connectivity index (χ2n) is 10.3. The zero-order valence-electron chi connectivity index (χ0n) is 25.1. The zero-order chi connectivity index (χ0) is 28.6. The summed E-state index contributed by atoms with van der Waals surface area (Å²) in [6.07, 6.45) is 11.0. The summed E-state index contributed by atoms with van der Waals surface area (Å²) in [6.45, 7) is 25.1. The van der Waals surface area contributed by atoms with Gasteiger partial charge in [0.05, 0.1) is 0 Å². The van der Waals surface area contributed by atoms with E-state index in [0.717, 1.165) is 54.6 Å². The fourth-order valence-corrected chi connectivity index (χ4v) is 5.35. The van der Waals surface area contributed by atoms with Gasteiger partial charge in [-0.15, -0.1) is 6.58 Å². The van der Waals surface area contributed by atoms with Crippen molar-refractivity contribution in [3.05, 3.63) is 96.3 Å². The highest BCUT2D eigenvalue weighted by Crippen LogP contribution is 2.34. The number of piperidine rings is 1. The maximum atomic E-state index is 13.2. The van der Waals surface area contributed by atoms with Crippen LogP contribution in [0.15, 0.2) is 68.3 Å². The molecule has 214 valence electrons. The van der Waals surface area contributed by atoms with Gasteiger partial charge in [0.1, 0.15) is 5.82 Å². The average Bonchev–Trinajstić information content (AvgIpc) is 3.27. The van der Waals surface area contributed by atoms with Gasteiger partial charge in [0.15, 0.2) is 0 Å². The first-order chi connectivity index (χ1) is 19.0. The summed E-state index contributed by atoms with van der Waals surface area (Å²) in [5.41, 5.74) is 6.70. The summed E-state index contributed by atoms with van der Waals surface area (Å²) in [7, 11) is 0. The highest BCUT2D eigenvalue weighted by atomic mass is 19.1. The summed E-state index contributed by atoms with van der Waals surface area (Å²) < 4.78 is 13.2. The smallest absolute Gasteiger partial charge is 0.123 e. The lowest BCUT2D eigenvalue weighted by molar-refractivity contribution is 0.137. The van der Waals surface area contributed by atoms with E-state index < -0.39 is 0 Å². The lowest BCUT2D eigenvalue weighted by Crippen LogP contribution is -2.40. The van der Waals surface area contributed by atoms with Crippen molar-refractivity contribution in [2.45, 2.75) is 91.8 Å². The molecule has 2 heterocycles. The SMILES string of the molecule is C=C(NCCCN1CCCCC1CCCC)c1ccc2c(c1)C(=C)N(Cc1ccc(F)cc1)C2.C=CC.CC. The molecule has 0 bridgehead atoms. The van der Waals surface area contributed by atoms with E-state index in [-0.39, 0.29) is 5.82 Å². The van der Waals surface area contributed by atoms with Crippen LogP contribution in [0.5, 0.6) is 0 Å². The van der Waals surface area contributed by atoms with Crippen molar-refractivity contribution in [3.63, 3.8) is 0 Å². The van der Waals surface area contributed by atoms with Crippen molar-refractivity contribution < 1.29 is 4.39 Å². The fraction of sp³-hybridized carbons (Fsp3) is 0.486. The molecule has 1 fully saturated rings. The Morgan fingerprint density at radius 1 is 1.10 bits per heavy atom. The molecule has 1 N–H and O–H groups in total. The third-order valence-corrected chi connectivity index (χ3v) is 7.40. The van der Waals surface area contributed by atoms with Crippen molar-refractivity contribution in [2.75, 3.05) is 19.6 Å². The Morgan fingerprint density at radius 3 is 2.51 bits per heavy atom. The predicted molar refractivity (Wildman–Crippen MR) is 169 cm³/mol. The Balaban J connectivity index is 0.000000998. The summed E-state index contributed by atoms with van der Waals surface area (Å²) in [5.74, 6) is -0.199. The number of hydrogen-bond acceptors (Lipinski definition) is 3. The molecule has 0 aromatic heterocycles. The summed E-state index contributed by atoms with van der Waals surface area (Å²) in [5, 5.41) is 3.56. The molecule has 2 aromatic rings. The Labute approximate surface area is 238 Å². The molecule has 2 aromatic carbocycles. The van der Waals surface area contributed by atoms with Crippen LogP contribution in [0, 0.1) is 5.82 Å². The van der Waals surface area contributed by atoms with E-state index in [1.54, 1.807) is 6.08 Å². The number of benzene rings is 2. The number of fused-ring (bicyclic) bond motifs is 1. The van der Waals surface area contributed by atoms with E-state index in [9.17, 15) is 4.39 Å². The third kappa shape index (κ3) is 10.0. The molecule has 1 unspecified atom stereocenters. The Hall–Kier alpha value is -2.85. The molecule has 39 heavy (non-hydrogen) atoms. The van der Waals surface area contributed by atoms with Crippen LogP contribution in [0.3, 0.4) is 0 Å². The summed E-state index contributed by atoms with van der Waals surface area (Å²) in [6, 6.07) is 14.1. The van der Waals surface area contributed by atoms with Gasteiger partial charge >= 0.3 is 0 Å². The maximum absolute atomic E-state index is 13.2. The van der Waals surface area contributed by atoms with Gasteiger partial charge in [-0.3, -0.25) is 0 Å². The van der Waals surface area contributed by atoms with Crippen LogP contribution in [-0.4, -0.2) is 35.5 Å². The Morgan fingerprint density at radius 2 is 1.82 bits per heavy atom. The van der Waals surface area contributed by atoms with E-state index in [0.29, 0.717) is 0 Å². The van der Waals surface area contributed by atoms with Crippen LogP contribution in [0.4, 0.5) is 4.39 Å². The van der Waals surface area contributed by atoms with Gasteiger partial charge in [0.25, 0.3) is 0 Å². The molecule has 2 aliphatic heterocycles. The molecule has 2 aliphatic rings. The van der Waals surface area contributed by atoms with Gasteiger partial charge in [0.2, 0.25) is 0 Å². The number of nitrogens with zero attached hydrogens (tertiary/aromatic N) is 2. The second kappa shape index (κ2) is 17.7. The van der Waals surface area contributed by atoms with E-state index in [1.165, 1.54) is 74.9 Å². The number of hydrogen-bond donors (Lipinski definition) is 1. The Kier molecular flexibility index (Phi) is 14.7. The number of likely N-dealkylation sites (tertiary alicyclic amines) is 1. The van der Waals surface area contributed by atoms with Crippen molar-refractivity contribution >= 4 is 11.4 Å². The standard InChI is InChI=1S/C30H40FN3.C3H6.C2H6/c1-4-5-9-29-10-6-7-18-33(29)19-8-17-32-23(2)26-13-14-27-22-34(24(3)30(27)20-26)21-25-11-15-28(31)16-12-25;1-3-2;1-2/h11-16,20,29,32H,2-10,17-19,21-22H2,1H3;3H,1H2,2H3;1-2H3. The first-order valence-corrected chi connectivity index (χ1v) is 15.0. The Bertz CT molecular complexity index is 1030. The third-order valence-electron chi connectivity index (χ3n) is 7.40. The lowest BCUT2D eigenvalue weighted by atomic mass is 9.97. The van der Waals surface area contributed by atoms with Crippen molar-refractivity contribution in [1.29, 1.82) is 0 Å². The van der Waals surface area contributed by atoms with Crippen molar-refractivity contribution in [2.24, 2.45) is 0 Å². The highest BCUT2D eigenvalue weighted by molar-refractivity contribution is 5.74. The van der Waals surface area contributed by atoms with Crippen LogP contribution in [0.2, 0.25) is 0 Å². The molecule has 0 aliphatic carbocycles. The molecule has 0 saturated carbocycles. The van der Waals surface area contributed by atoms with Gasteiger partial charge in [-0.1, -0.05) is 83.5 Å². The van der Waals surface area contributed by atoms with Crippen LogP contribution < -0.4 is 5.32 Å². The second-order valence-corrected chi connectivity index (χ2v) is 10.3. The number of rotatable bonds is 11. The molecule has 1 saturated heterocycles. The molecular weight excluding hydrogens is 481 g/mol. The van der Waals surface area contributed by atoms with Crippen molar-refractivity contribution in [3.8, 4) is 0 Å². The molecule has 0 radical (unpaired) electrons. The van der Waals surface area contributed by atoms with E-state index in [4.69, 9.17) is 0 Å². The largest absolute Gasteiger partial charge is 0.385 e. The van der Waals surface area contributed by atoms with Gasteiger partial charge in [-0.2, -0.15) is 0 Å². The van der Waals surface area contributed by atoms with E-state index in [2.05, 4.69) is 60.0 Å². The van der Waals surface area contributed by atoms with Gasteiger partial charge in [0, 0.05) is 49.2 Å². The molecule has 0 amide bonds. The summed E-state index contributed by atoms with van der Waals surface area (Å²) >= 11 is 0. The molecule has 4 heteroatoms. The molecular formula is C35H52FN3. The van der Waals surface area contributed by atoms with Gasteiger partial charge < -0.3 is 15.1 Å². The maximum Gasteiger partial charge on any atom is 0.123 e. The monoisotopic (exact) mass is 533 g/mol. The minimum absolute atomic E-state index is 0.199. The first-order valence-electron chi connectivity index (χ1n) is 15.0. The number of allylic oxidation sites excluding steroid dienone is 1. The minimum atomic E-state index is -0.199. The van der Waals surface area contributed by atoms with Crippen LogP contribution >= 0.6 is 0 Å². The normalized spacial score (nSPS) is 16.4. The number of halogens is 1. The van der Waals surface area contributed by atoms with Crippen molar-refractivity contribution in [1.82, 2.24) is 15.1 Å². The lowest BCUT2D eigenvalue weighted by Gasteiger charge is -2.36. The first kappa shape index (κ1) is 32.4. The van der Waals surface area contributed by atoms with E-state index in [1.807, 2.05) is 32.9 Å². The highest BCUT2D eigenvalue weighted by Gasteiger charge is 2.23. The van der Waals surface area contributed by atoms with Crippen LogP contribution in [0.25, 0.3) is 11.4 Å². The number of nitrogens with one attached hydrogen (secondary N) is 1. The predicted octanol–water partition coefficient (Wildman–Crippen LogP) is 9.03. The molecule has 0 spiro atoms. The average molecular weight is 534 g/mol. The van der Waals surface area contributed by atoms with Crippen LogP contribution in [-0.2, 0) is 13.1 Å². The molecule has 1 atom stereocenters. The quantitative estimate of drug-likeness (QED) is 0.230. The van der Waals surface area contributed by atoms with Gasteiger partial charge in [-0.25, -0.2) is 4.39 Å². The van der Waals surface area contributed by atoms with E-state index >= 15 is 0 Å². The molecule has 4 rings (SSSR count).